The molecule has 42 valence electrons. The molecule has 0 atom stereocenters. The molecule has 0 aliphatic heterocycles. The topological polar surface area (TPSA) is 89.0 Å². The van der Waals surface area contributed by atoms with Crippen molar-refractivity contribution in [2.24, 2.45) is 0 Å². The monoisotopic (exact) mass is 275 g/mol. The number of rotatable bonds is 0. The smallest absolute Gasteiger partial charge is 0.450 e. The van der Waals surface area contributed by atoms with Gasteiger partial charge in [0.05, 0.1) is 0 Å². The van der Waals surface area contributed by atoms with E-state index in [1.54, 1.807) is 0 Å². The molecule has 0 spiro atoms. The molecule has 0 saturated carbocycles. The predicted molar refractivity (Wildman–Crippen MR) is 14.3 cm³/mol. The standard InChI is InChI=1S/CH2O3.H2O.Pt/c2-1(3)4;;/h(H2,2,3,4);1H2;. The molecule has 5 heteroatoms. The molecule has 0 aromatic carbocycles. The van der Waals surface area contributed by atoms with E-state index in [0.717, 1.165) is 0 Å². The first-order chi connectivity index (χ1) is 1.73. The second-order valence-electron chi connectivity index (χ2n) is 0.283. The summed E-state index contributed by atoms with van der Waals surface area (Å²) in [5.41, 5.74) is 0. The van der Waals surface area contributed by atoms with E-state index >= 15 is 0 Å². The maximum absolute atomic E-state index is 8.56. The van der Waals surface area contributed by atoms with E-state index in [9.17, 15) is 0 Å². The van der Waals surface area contributed by atoms with E-state index in [2.05, 4.69) is 0 Å². The van der Waals surface area contributed by atoms with Crippen LogP contribution in [0.3, 0.4) is 0 Å². The molecule has 0 rings (SSSR count). The van der Waals surface area contributed by atoms with Crippen LogP contribution in [-0.2, 0) is 21.1 Å². The normalized spacial score (nSPS) is 4.00. The summed E-state index contributed by atoms with van der Waals surface area (Å²) in [5, 5.41) is 13.9. The molecule has 4 N–H and O–H groups in total. The zero-order valence-electron chi connectivity index (χ0n) is 2.62. The van der Waals surface area contributed by atoms with Crippen molar-refractivity contribution in [2.75, 3.05) is 0 Å². The Morgan fingerprint density at radius 3 is 1.33 bits per heavy atom. The Morgan fingerprint density at radius 1 is 1.33 bits per heavy atom. The summed E-state index contributed by atoms with van der Waals surface area (Å²) in [6, 6.07) is 0. The van der Waals surface area contributed by atoms with Crippen molar-refractivity contribution >= 4 is 6.16 Å². The molecule has 6 heavy (non-hydrogen) atoms. The van der Waals surface area contributed by atoms with Crippen molar-refractivity contribution in [3.63, 3.8) is 0 Å². The zero-order valence-corrected chi connectivity index (χ0v) is 4.89. The number of carboxylic acid groups (broad SMARTS) is 2. The minimum atomic E-state index is -1.83. The van der Waals surface area contributed by atoms with Gasteiger partial charge in [0.25, 0.3) is 0 Å². The number of carbonyl (C=O) groups is 1. The summed E-state index contributed by atoms with van der Waals surface area (Å²) in [4.78, 5) is 8.56. The van der Waals surface area contributed by atoms with Crippen LogP contribution in [0.25, 0.3) is 0 Å². The van der Waals surface area contributed by atoms with Gasteiger partial charge < -0.3 is 15.7 Å². The van der Waals surface area contributed by atoms with Gasteiger partial charge in [-0.1, -0.05) is 0 Å². The molecular weight excluding hydrogens is 271 g/mol. The SMILES string of the molecule is O.O=C(O)O.[Pt]. The first kappa shape index (κ1) is 16.8. The first-order valence-corrected chi connectivity index (χ1v) is 0.651. The van der Waals surface area contributed by atoms with Gasteiger partial charge in [-0.15, -0.1) is 0 Å². The maximum atomic E-state index is 8.56. The van der Waals surface area contributed by atoms with E-state index in [1.807, 2.05) is 0 Å². The zero-order chi connectivity index (χ0) is 3.58. The van der Waals surface area contributed by atoms with Crippen LogP contribution in [0.2, 0.25) is 0 Å². The Kier molecular flexibility index (Phi) is 24.8. The van der Waals surface area contributed by atoms with Gasteiger partial charge in [0, 0.05) is 21.1 Å². The van der Waals surface area contributed by atoms with E-state index in [-0.39, 0.29) is 26.5 Å². The van der Waals surface area contributed by atoms with Crippen molar-refractivity contribution in [3.05, 3.63) is 0 Å². The quantitative estimate of drug-likeness (QED) is 0.618. The van der Waals surface area contributed by atoms with Crippen LogP contribution in [-0.4, -0.2) is 21.8 Å². The van der Waals surface area contributed by atoms with Gasteiger partial charge in [0.1, 0.15) is 0 Å². The minimum Gasteiger partial charge on any atom is -0.450 e. The first-order valence-electron chi connectivity index (χ1n) is 0.651. The Labute approximate surface area is 48.4 Å². The fourth-order valence-electron chi connectivity index (χ4n) is 0. The van der Waals surface area contributed by atoms with Crippen LogP contribution >= 0.6 is 0 Å². The summed E-state index contributed by atoms with van der Waals surface area (Å²) < 4.78 is 0. The van der Waals surface area contributed by atoms with Gasteiger partial charge in [-0.05, 0) is 0 Å². The molecule has 0 aromatic heterocycles. The van der Waals surface area contributed by atoms with E-state index in [1.165, 1.54) is 0 Å². The third-order valence-corrected chi connectivity index (χ3v) is 0. The Bertz CT molecular complexity index is 30.5. The van der Waals surface area contributed by atoms with Gasteiger partial charge in [-0.3, -0.25) is 0 Å². The van der Waals surface area contributed by atoms with Crippen LogP contribution in [0, 0.1) is 0 Å². The van der Waals surface area contributed by atoms with E-state index < -0.39 is 6.16 Å². The van der Waals surface area contributed by atoms with Crippen LogP contribution in [0.15, 0.2) is 0 Å². The maximum Gasteiger partial charge on any atom is 0.503 e. The van der Waals surface area contributed by atoms with Crippen LogP contribution < -0.4 is 0 Å². The largest absolute Gasteiger partial charge is 0.503 e. The summed E-state index contributed by atoms with van der Waals surface area (Å²) in [5.74, 6) is 0. The summed E-state index contributed by atoms with van der Waals surface area (Å²) >= 11 is 0. The summed E-state index contributed by atoms with van der Waals surface area (Å²) in [6.45, 7) is 0. The molecule has 0 bridgehead atoms. The Hall–Kier alpha value is -0.0817. The van der Waals surface area contributed by atoms with Gasteiger partial charge in [0.2, 0.25) is 0 Å². The van der Waals surface area contributed by atoms with Crippen molar-refractivity contribution < 1.29 is 41.5 Å². The van der Waals surface area contributed by atoms with Crippen molar-refractivity contribution in [2.45, 2.75) is 0 Å². The molecule has 0 aromatic rings. The van der Waals surface area contributed by atoms with E-state index in [0.29, 0.717) is 0 Å². The molecule has 0 saturated heterocycles. The molecule has 4 nitrogen and oxygen atoms in total. The van der Waals surface area contributed by atoms with Crippen molar-refractivity contribution in [1.82, 2.24) is 0 Å². The number of hydrogen-bond acceptors (Lipinski definition) is 1. The van der Waals surface area contributed by atoms with Crippen LogP contribution in [0.5, 0.6) is 0 Å². The number of hydrogen-bond donors (Lipinski definition) is 2. The van der Waals surface area contributed by atoms with Crippen LogP contribution in [0.4, 0.5) is 4.79 Å². The summed E-state index contributed by atoms with van der Waals surface area (Å²) in [7, 11) is 0. The van der Waals surface area contributed by atoms with Gasteiger partial charge >= 0.3 is 6.16 Å². The van der Waals surface area contributed by atoms with Gasteiger partial charge in [-0.2, -0.15) is 0 Å². The molecule has 0 radical (unpaired) electrons. The molecule has 0 fully saturated rings. The van der Waals surface area contributed by atoms with Crippen molar-refractivity contribution in [1.29, 1.82) is 0 Å². The molecule has 0 aliphatic rings. The molecule has 0 unspecified atom stereocenters. The summed E-state index contributed by atoms with van der Waals surface area (Å²) in [6.07, 6.45) is -1.83. The van der Waals surface area contributed by atoms with Crippen LogP contribution in [0.1, 0.15) is 0 Å². The molecule has 0 aliphatic carbocycles. The minimum absolute atomic E-state index is 0. The Morgan fingerprint density at radius 2 is 1.33 bits per heavy atom. The van der Waals surface area contributed by atoms with Gasteiger partial charge in [0.15, 0.2) is 0 Å². The molecule has 0 heterocycles. The Balaban J connectivity index is -0.0000000450. The van der Waals surface area contributed by atoms with Crippen molar-refractivity contribution in [3.8, 4) is 0 Å². The predicted octanol–water partition coefficient (Wildman–Crippen LogP) is -0.605. The second kappa shape index (κ2) is 8.87. The average Bonchev–Trinajstić information content (AvgIpc) is 0.811. The second-order valence-corrected chi connectivity index (χ2v) is 0.283. The third-order valence-electron chi connectivity index (χ3n) is 0. The third kappa shape index (κ3) is 5000. The molecule has 0 amide bonds. The average molecular weight is 275 g/mol. The van der Waals surface area contributed by atoms with Gasteiger partial charge in [-0.25, -0.2) is 4.79 Å². The fraction of sp³-hybridized carbons (Fsp3) is 0. The van der Waals surface area contributed by atoms with E-state index in [4.69, 9.17) is 15.0 Å². The molecular formula is CH4O4Pt. The fourth-order valence-corrected chi connectivity index (χ4v) is 0.